The van der Waals surface area contributed by atoms with Crippen molar-refractivity contribution in [2.75, 3.05) is 72.0 Å². The minimum absolute atomic E-state index is 0.131. The summed E-state index contributed by atoms with van der Waals surface area (Å²) in [5, 5.41) is 7.19. The van der Waals surface area contributed by atoms with E-state index in [0.717, 1.165) is 57.0 Å². The van der Waals surface area contributed by atoms with Crippen LogP contribution in [0.25, 0.3) is 0 Å². The fourth-order valence-electron chi connectivity index (χ4n) is 13.2. The lowest BCUT2D eigenvalue weighted by Crippen LogP contribution is -2.44. The highest BCUT2D eigenvalue weighted by Crippen LogP contribution is 2.54. The van der Waals surface area contributed by atoms with E-state index < -0.39 is 11.2 Å². The molecule has 2 amide bonds. The predicted octanol–water partition coefficient (Wildman–Crippen LogP) is 13.7. The van der Waals surface area contributed by atoms with E-state index in [2.05, 4.69) is 140 Å². The van der Waals surface area contributed by atoms with Gasteiger partial charge in [0.2, 0.25) is 0 Å². The van der Waals surface area contributed by atoms with E-state index in [1.54, 1.807) is 4.90 Å². The Labute approximate surface area is 489 Å². The second-order valence-electron chi connectivity index (χ2n) is 31.4. The van der Waals surface area contributed by atoms with Crippen molar-refractivity contribution in [2.45, 2.75) is 207 Å². The molecule has 0 radical (unpaired) electrons. The summed E-state index contributed by atoms with van der Waals surface area (Å²) in [5.74, 6) is 1.57. The normalized spacial score (nSPS) is 28.0. The largest absolute Gasteiger partial charge is 0.444 e. The Balaban J connectivity index is 0.000000139. The molecule has 3 heterocycles. The molecule has 0 bridgehead atoms. The Hall–Kier alpha value is -4.29. The zero-order valence-corrected chi connectivity index (χ0v) is 52.3. The summed E-state index contributed by atoms with van der Waals surface area (Å²) in [6.07, 6.45) is 15.0. The topological polar surface area (TPSA) is 107 Å². The van der Waals surface area contributed by atoms with Crippen molar-refractivity contribution in [3.8, 4) is 0 Å². The third-order valence-electron chi connectivity index (χ3n) is 19.0. The van der Waals surface area contributed by atoms with Crippen LogP contribution in [0, 0.1) is 32.5 Å². The highest BCUT2D eigenvalue weighted by molar-refractivity contribution is 5.72. The molecule has 0 aromatic heterocycles. The SMILES string of the molecule is CC(C)(C)OC(=O)N(CC1(C=O)CC1)[C@H]1CC1c1ccccc1.CC1(C)CCN(CC2(CN(C(=O)OC(C)(C)C)[C@H]3CC3c3ccccc3)CC2)C1.CC1(C)CCN(CC2(CN[C@H]3CC3c3ccccc3)CC2)C1.CC1(C)CCNC1. The zero-order chi connectivity index (χ0) is 58.1. The summed E-state index contributed by atoms with van der Waals surface area (Å²) in [6.45, 7) is 38.1. The van der Waals surface area contributed by atoms with Crippen molar-refractivity contribution in [3.63, 3.8) is 0 Å². The van der Waals surface area contributed by atoms with Crippen molar-refractivity contribution in [1.82, 2.24) is 30.2 Å². The maximum absolute atomic E-state index is 13.2. The van der Waals surface area contributed by atoms with Crippen LogP contribution in [-0.2, 0) is 14.3 Å². The van der Waals surface area contributed by atoms with Gasteiger partial charge in [-0.15, -0.1) is 0 Å². The van der Waals surface area contributed by atoms with Crippen LogP contribution in [0.1, 0.15) is 195 Å². The van der Waals surface area contributed by atoms with E-state index in [9.17, 15) is 14.4 Å². The molecule has 3 aliphatic heterocycles. The van der Waals surface area contributed by atoms with Crippen LogP contribution in [0.4, 0.5) is 9.59 Å². The minimum Gasteiger partial charge on any atom is -0.444 e. The first-order chi connectivity index (χ1) is 38.2. The third kappa shape index (κ3) is 18.1. The fourth-order valence-corrected chi connectivity index (χ4v) is 13.2. The fraction of sp³-hybridized carbons (Fsp3) is 0.700. The molecule has 3 aromatic rings. The third-order valence-corrected chi connectivity index (χ3v) is 19.0. The number of nitrogens with one attached hydrogen (secondary N) is 2. The lowest BCUT2D eigenvalue weighted by Gasteiger charge is -2.33. The molecule has 3 unspecified atom stereocenters. The van der Waals surface area contributed by atoms with Crippen molar-refractivity contribution in [3.05, 3.63) is 108 Å². The standard InChI is InChI=1S/C25H38N2O2.C20H30N2.C19H25NO3.C6H13N/c1-23(2,3)29-22(28)27(21-15-20(21)19-9-7-6-8-10-19)18-25(11-12-25)17-26-14-13-24(4,5)16-26;1-19(2)10-11-22(14-19)15-20(8-9-20)13-21-18-12-17(18)16-6-4-3-5-7-16;1-18(2,3)23-17(22)20(12-19(13-21)9-10-19)16-11-15(16)14-7-5-4-6-8-14;1-6(2)3-4-7-5-6/h6-10,20-21H,11-18H2,1-5H3;3-7,17-18,21H,8-15H2,1-2H3;4-8,13,15-16H,9-12H2,1-3H3;7H,3-5H2,1-2H3/t20?,21-;17?,18-;15?,16-;/m000./s1. The molecule has 446 valence electrons. The second kappa shape index (κ2) is 24.4. The van der Waals surface area contributed by atoms with Gasteiger partial charge >= 0.3 is 12.2 Å². The van der Waals surface area contributed by atoms with Gasteiger partial charge in [0.15, 0.2) is 0 Å². The van der Waals surface area contributed by atoms with E-state index >= 15 is 0 Å². The van der Waals surface area contributed by atoms with Crippen LogP contribution in [0.15, 0.2) is 91.0 Å². The highest BCUT2D eigenvalue weighted by atomic mass is 16.6. The number of hydrogen-bond acceptors (Lipinski definition) is 9. The molecule has 2 N–H and O–H groups in total. The van der Waals surface area contributed by atoms with Crippen LogP contribution in [0.3, 0.4) is 0 Å². The van der Waals surface area contributed by atoms with Gasteiger partial charge in [0, 0.05) is 99.1 Å². The molecule has 12 rings (SSSR count). The van der Waals surface area contributed by atoms with E-state index in [1.165, 1.54) is 120 Å². The Morgan fingerprint density at radius 3 is 1.35 bits per heavy atom. The number of hydrogen-bond donors (Lipinski definition) is 2. The molecule has 9 aliphatic rings. The average molecular weight is 1110 g/mol. The Morgan fingerprint density at radius 2 is 1.00 bits per heavy atom. The maximum Gasteiger partial charge on any atom is 0.410 e. The number of aldehydes is 1. The van der Waals surface area contributed by atoms with Gasteiger partial charge in [-0.2, -0.15) is 0 Å². The van der Waals surface area contributed by atoms with Gasteiger partial charge in [-0.25, -0.2) is 9.59 Å². The molecule has 3 saturated heterocycles. The molecule has 6 atom stereocenters. The minimum atomic E-state index is -0.523. The lowest BCUT2D eigenvalue weighted by atomic mass is 9.93. The molecule has 11 heteroatoms. The monoisotopic (exact) mass is 1110 g/mol. The zero-order valence-electron chi connectivity index (χ0n) is 52.3. The lowest BCUT2D eigenvalue weighted by molar-refractivity contribution is -0.112. The molecule has 6 saturated carbocycles. The van der Waals surface area contributed by atoms with Gasteiger partial charge in [0.05, 0.1) is 0 Å². The van der Waals surface area contributed by atoms with Crippen molar-refractivity contribution in [1.29, 1.82) is 0 Å². The van der Waals surface area contributed by atoms with Crippen molar-refractivity contribution in [2.24, 2.45) is 32.5 Å². The van der Waals surface area contributed by atoms with E-state index in [4.69, 9.17) is 9.47 Å². The molecule has 6 aliphatic carbocycles. The number of carbonyl (C=O) groups excluding carboxylic acids is 3. The van der Waals surface area contributed by atoms with Crippen LogP contribution < -0.4 is 10.6 Å². The Bertz CT molecular complexity index is 2530. The van der Waals surface area contributed by atoms with Crippen molar-refractivity contribution < 1.29 is 23.9 Å². The molecule has 0 spiro atoms. The summed E-state index contributed by atoms with van der Waals surface area (Å²) in [6, 6.07) is 33.1. The van der Waals surface area contributed by atoms with Gasteiger partial charge in [0.1, 0.15) is 17.5 Å². The first-order valence-electron chi connectivity index (χ1n) is 31.6. The summed E-state index contributed by atoms with van der Waals surface area (Å²) in [4.78, 5) is 46.3. The number of amides is 2. The van der Waals surface area contributed by atoms with Gasteiger partial charge in [0.25, 0.3) is 0 Å². The molecule has 11 nitrogen and oxygen atoms in total. The summed E-state index contributed by atoms with van der Waals surface area (Å²) in [5.41, 5.74) is 5.22. The second-order valence-corrected chi connectivity index (χ2v) is 31.4. The number of ether oxygens (including phenoxy) is 2. The molecular formula is C70H106N6O5. The first-order valence-corrected chi connectivity index (χ1v) is 31.6. The molecular weight excluding hydrogens is 1000 g/mol. The number of likely N-dealkylation sites (tertiary alicyclic amines) is 2. The van der Waals surface area contributed by atoms with Gasteiger partial charge in [-0.1, -0.05) is 133 Å². The number of nitrogens with zero attached hydrogens (tertiary/aromatic N) is 4. The van der Waals surface area contributed by atoms with E-state index in [0.29, 0.717) is 40.0 Å². The summed E-state index contributed by atoms with van der Waals surface area (Å²) >= 11 is 0. The van der Waals surface area contributed by atoms with Gasteiger partial charge < -0.3 is 44.5 Å². The quantitative estimate of drug-likeness (QED) is 0.128. The van der Waals surface area contributed by atoms with Crippen molar-refractivity contribution >= 4 is 18.5 Å². The van der Waals surface area contributed by atoms with E-state index in [-0.39, 0.29) is 35.1 Å². The number of rotatable bonds is 17. The molecule has 81 heavy (non-hydrogen) atoms. The average Bonchev–Trinajstić information content (AvgIpc) is 4.28. The van der Waals surface area contributed by atoms with Crippen LogP contribution in [0.2, 0.25) is 0 Å². The smallest absolute Gasteiger partial charge is 0.410 e. The molecule has 9 fully saturated rings. The van der Waals surface area contributed by atoms with Crippen LogP contribution >= 0.6 is 0 Å². The van der Waals surface area contributed by atoms with E-state index in [1.807, 2.05) is 59.7 Å². The van der Waals surface area contributed by atoms with Crippen LogP contribution in [0.5, 0.6) is 0 Å². The Kier molecular flexibility index (Phi) is 18.4. The van der Waals surface area contributed by atoms with Crippen LogP contribution in [-0.4, -0.2) is 139 Å². The highest BCUT2D eigenvalue weighted by Gasteiger charge is 2.55. The predicted molar refractivity (Wildman–Crippen MR) is 329 cm³/mol. The van der Waals surface area contributed by atoms with Gasteiger partial charge in [-0.3, -0.25) is 0 Å². The summed E-state index contributed by atoms with van der Waals surface area (Å²) in [7, 11) is 0. The van der Waals surface area contributed by atoms with Gasteiger partial charge in [-0.05, 0) is 177 Å². The number of carbonyl (C=O) groups is 3. The molecule has 3 aromatic carbocycles. The Morgan fingerprint density at radius 1 is 0.568 bits per heavy atom. The summed E-state index contributed by atoms with van der Waals surface area (Å²) < 4.78 is 11.4. The number of benzene rings is 3. The maximum atomic E-state index is 13.2. The first kappa shape index (κ1) is 61.3.